The first-order valence-corrected chi connectivity index (χ1v) is 6.42. The number of ketones is 1. The molecule has 1 aliphatic rings. The summed E-state index contributed by atoms with van der Waals surface area (Å²) >= 11 is 0. The van der Waals surface area contributed by atoms with Crippen LogP contribution in [0.1, 0.15) is 17.3 Å². The fourth-order valence-corrected chi connectivity index (χ4v) is 1.97. The monoisotopic (exact) mass is 261 g/mol. The van der Waals surface area contributed by atoms with Gasteiger partial charge in [-0.1, -0.05) is 6.58 Å². The summed E-state index contributed by atoms with van der Waals surface area (Å²) in [6.45, 7) is 9.53. The zero-order valence-electron chi connectivity index (χ0n) is 11.2. The number of hydrogen-bond acceptors (Lipinski definition) is 4. The summed E-state index contributed by atoms with van der Waals surface area (Å²) in [5.74, 6) is 1.47. The van der Waals surface area contributed by atoms with Gasteiger partial charge < -0.3 is 9.47 Å². The lowest BCUT2D eigenvalue weighted by molar-refractivity contribution is 0.0387. The number of ether oxygens (including phenoxy) is 2. The van der Waals surface area contributed by atoms with Crippen molar-refractivity contribution in [2.45, 2.75) is 6.92 Å². The summed E-state index contributed by atoms with van der Waals surface area (Å²) in [4.78, 5) is 13.4. The topological polar surface area (TPSA) is 38.8 Å². The molecule has 0 saturated carbocycles. The third-order valence-electron chi connectivity index (χ3n) is 3.03. The zero-order chi connectivity index (χ0) is 13.7. The minimum absolute atomic E-state index is 0.0543. The lowest BCUT2D eigenvalue weighted by Crippen LogP contribution is -2.37. The normalized spacial score (nSPS) is 16.1. The Morgan fingerprint density at radius 3 is 2.53 bits per heavy atom. The van der Waals surface area contributed by atoms with E-state index < -0.39 is 0 Å². The van der Waals surface area contributed by atoms with Crippen LogP contribution in [0.15, 0.2) is 36.6 Å². The molecule has 0 spiro atoms. The van der Waals surface area contributed by atoms with Crippen molar-refractivity contribution in [3.63, 3.8) is 0 Å². The fraction of sp³-hybridized carbons (Fsp3) is 0.400. The van der Waals surface area contributed by atoms with Crippen molar-refractivity contribution in [1.82, 2.24) is 4.90 Å². The van der Waals surface area contributed by atoms with Gasteiger partial charge in [0, 0.05) is 18.7 Å². The number of morpholine rings is 1. The van der Waals surface area contributed by atoms with E-state index in [2.05, 4.69) is 11.5 Å². The number of carbonyl (C=O) groups excluding carboxylic acids is 1. The van der Waals surface area contributed by atoms with Gasteiger partial charge in [0.2, 0.25) is 0 Å². The lowest BCUT2D eigenvalue weighted by atomic mass is 10.1. The quantitative estimate of drug-likeness (QED) is 0.601. The number of Topliss-reactive ketones (excluding diaryl/α,β-unsaturated/α-hetero) is 1. The maximum Gasteiger partial charge on any atom is 0.159 e. The molecular formula is C15H19NO3. The summed E-state index contributed by atoms with van der Waals surface area (Å²) in [6.07, 6.45) is 0. The minimum atomic E-state index is 0.0543. The zero-order valence-corrected chi connectivity index (χ0v) is 11.2. The van der Waals surface area contributed by atoms with E-state index in [0.29, 0.717) is 23.6 Å². The van der Waals surface area contributed by atoms with Crippen molar-refractivity contribution in [3.8, 4) is 5.75 Å². The molecular weight excluding hydrogens is 242 g/mol. The molecule has 0 aromatic heterocycles. The molecule has 1 aromatic carbocycles. The van der Waals surface area contributed by atoms with Crippen LogP contribution >= 0.6 is 0 Å². The second-order valence-corrected chi connectivity index (χ2v) is 4.61. The molecule has 1 fully saturated rings. The number of carbonyl (C=O) groups is 1. The standard InChI is InChI=1S/C15H19NO3/c1-12(11-16-7-9-18-10-8-16)19-15-5-3-14(4-6-15)13(2)17/h3-6H,1,7-11H2,2H3. The summed E-state index contributed by atoms with van der Waals surface area (Å²) in [5.41, 5.74) is 0.686. The third-order valence-corrected chi connectivity index (χ3v) is 3.03. The van der Waals surface area contributed by atoms with Crippen LogP contribution in [0.3, 0.4) is 0 Å². The highest BCUT2D eigenvalue weighted by atomic mass is 16.5. The van der Waals surface area contributed by atoms with Crippen LogP contribution in [-0.2, 0) is 4.74 Å². The van der Waals surface area contributed by atoms with Crippen molar-refractivity contribution in [2.24, 2.45) is 0 Å². The Balaban J connectivity index is 1.85. The molecule has 2 rings (SSSR count). The van der Waals surface area contributed by atoms with E-state index in [4.69, 9.17) is 9.47 Å². The SMILES string of the molecule is C=C(CN1CCOCC1)Oc1ccc(C(C)=O)cc1. The summed E-state index contributed by atoms with van der Waals surface area (Å²) in [6, 6.07) is 7.11. The van der Waals surface area contributed by atoms with Gasteiger partial charge in [0.1, 0.15) is 11.5 Å². The van der Waals surface area contributed by atoms with E-state index in [-0.39, 0.29) is 5.78 Å². The first kappa shape index (κ1) is 13.8. The van der Waals surface area contributed by atoms with E-state index in [1.807, 2.05) is 0 Å². The smallest absolute Gasteiger partial charge is 0.159 e. The lowest BCUT2D eigenvalue weighted by Gasteiger charge is -2.26. The van der Waals surface area contributed by atoms with Crippen molar-refractivity contribution in [3.05, 3.63) is 42.2 Å². The first-order chi connectivity index (χ1) is 9.15. The Bertz CT molecular complexity index is 447. The van der Waals surface area contributed by atoms with Crippen molar-refractivity contribution < 1.29 is 14.3 Å². The minimum Gasteiger partial charge on any atom is -0.461 e. The van der Waals surface area contributed by atoms with Gasteiger partial charge in [-0.2, -0.15) is 0 Å². The predicted molar refractivity (Wildman–Crippen MR) is 73.5 cm³/mol. The summed E-state index contributed by atoms with van der Waals surface area (Å²) < 4.78 is 11.0. The highest BCUT2D eigenvalue weighted by molar-refractivity contribution is 5.94. The molecule has 0 bridgehead atoms. The molecule has 0 atom stereocenters. The first-order valence-electron chi connectivity index (χ1n) is 6.42. The molecule has 0 amide bonds. The van der Waals surface area contributed by atoms with E-state index in [1.54, 1.807) is 31.2 Å². The largest absolute Gasteiger partial charge is 0.461 e. The molecule has 1 saturated heterocycles. The number of nitrogens with zero attached hydrogens (tertiary/aromatic N) is 1. The molecule has 1 aliphatic heterocycles. The van der Waals surface area contributed by atoms with Gasteiger partial charge in [-0.25, -0.2) is 0 Å². The maximum atomic E-state index is 11.2. The van der Waals surface area contributed by atoms with Crippen molar-refractivity contribution in [2.75, 3.05) is 32.8 Å². The molecule has 0 unspecified atom stereocenters. The van der Waals surface area contributed by atoms with Crippen LogP contribution in [0.5, 0.6) is 5.75 Å². The maximum absolute atomic E-state index is 11.2. The highest BCUT2D eigenvalue weighted by Gasteiger charge is 2.12. The second kappa shape index (κ2) is 6.50. The van der Waals surface area contributed by atoms with Gasteiger partial charge in [0.15, 0.2) is 5.78 Å². The Morgan fingerprint density at radius 2 is 1.95 bits per heavy atom. The molecule has 0 N–H and O–H groups in total. The summed E-state index contributed by atoms with van der Waals surface area (Å²) in [5, 5.41) is 0. The Labute approximate surface area is 113 Å². The van der Waals surface area contributed by atoms with Crippen LogP contribution < -0.4 is 4.74 Å². The Morgan fingerprint density at radius 1 is 1.32 bits per heavy atom. The predicted octanol–water partition coefficient (Wildman–Crippen LogP) is 2.11. The number of rotatable bonds is 5. The van der Waals surface area contributed by atoms with Crippen LogP contribution in [-0.4, -0.2) is 43.5 Å². The van der Waals surface area contributed by atoms with Crippen molar-refractivity contribution >= 4 is 5.78 Å². The van der Waals surface area contributed by atoms with Gasteiger partial charge in [-0.05, 0) is 31.2 Å². The van der Waals surface area contributed by atoms with Gasteiger partial charge in [-0.3, -0.25) is 9.69 Å². The van der Waals surface area contributed by atoms with Gasteiger partial charge in [0.25, 0.3) is 0 Å². The van der Waals surface area contributed by atoms with Gasteiger partial charge >= 0.3 is 0 Å². The molecule has 0 radical (unpaired) electrons. The third kappa shape index (κ3) is 4.19. The molecule has 102 valence electrons. The Hall–Kier alpha value is -1.65. The van der Waals surface area contributed by atoms with E-state index in [9.17, 15) is 4.79 Å². The van der Waals surface area contributed by atoms with E-state index in [1.165, 1.54) is 0 Å². The molecule has 1 heterocycles. The van der Waals surface area contributed by atoms with Crippen LogP contribution in [0.4, 0.5) is 0 Å². The van der Waals surface area contributed by atoms with Gasteiger partial charge in [0.05, 0.1) is 19.8 Å². The van der Waals surface area contributed by atoms with E-state index >= 15 is 0 Å². The number of hydrogen-bond donors (Lipinski definition) is 0. The average molecular weight is 261 g/mol. The molecule has 1 aromatic rings. The number of benzene rings is 1. The molecule has 0 aliphatic carbocycles. The van der Waals surface area contributed by atoms with E-state index in [0.717, 1.165) is 26.3 Å². The van der Waals surface area contributed by atoms with Crippen LogP contribution in [0, 0.1) is 0 Å². The van der Waals surface area contributed by atoms with Gasteiger partial charge in [-0.15, -0.1) is 0 Å². The van der Waals surface area contributed by atoms with Crippen LogP contribution in [0.2, 0.25) is 0 Å². The summed E-state index contributed by atoms with van der Waals surface area (Å²) in [7, 11) is 0. The second-order valence-electron chi connectivity index (χ2n) is 4.61. The fourth-order valence-electron chi connectivity index (χ4n) is 1.97. The van der Waals surface area contributed by atoms with Crippen LogP contribution in [0.25, 0.3) is 0 Å². The molecule has 4 nitrogen and oxygen atoms in total. The molecule has 19 heavy (non-hydrogen) atoms. The highest BCUT2D eigenvalue weighted by Crippen LogP contribution is 2.15. The van der Waals surface area contributed by atoms with Crippen molar-refractivity contribution in [1.29, 1.82) is 0 Å². The molecule has 4 heteroatoms. The average Bonchev–Trinajstić information content (AvgIpc) is 2.40. The Kier molecular flexibility index (Phi) is 4.71.